The summed E-state index contributed by atoms with van der Waals surface area (Å²) in [6, 6.07) is 2.09. The molecular formula is C19H27N5O3S. The Morgan fingerprint density at radius 1 is 1.39 bits per heavy atom. The Kier molecular flexibility index (Phi) is 8.35. The Balaban J connectivity index is 2.41. The molecule has 152 valence electrons. The molecule has 2 N–H and O–H groups in total. The molecule has 0 fully saturated rings. The summed E-state index contributed by atoms with van der Waals surface area (Å²) in [4.78, 5) is 28.9. The monoisotopic (exact) mass is 405 g/mol. The summed E-state index contributed by atoms with van der Waals surface area (Å²) in [6.07, 6.45) is 3.57. The molecule has 1 aliphatic carbocycles. The topological polar surface area (TPSA) is 116 Å². The molecule has 2 rings (SSSR count). The molecule has 2 unspecified atom stereocenters. The highest BCUT2D eigenvalue weighted by molar-refractivity contribution is 7.12. The molecule has 0 spiro atoms. The third-order valence-corrected chi connectivity index (χ3v) is 5.58. The number of hydrogen-bond donors (Lipinski definition) is 2. The third-order valence-electron chi connectivity index (χ3n) is 4.70. The van der Waals surface area contributed by atoms with E-state index in [0.29, 0.717) is 23.6 Å². The van der Waals surface area contributed by atoms with E-state index in [-0.39, 0.29) is 17.9 Å². The lowest BCUT2D eigenvalue weighted by atomic mass is 9.82. The molecule has 1 aromatic rings. The maximum absolute atomic E-state index is 13.2. The zero-order chi connectivity index (χ0) is 20.5. The van der Waals surface area contributed by atoms with Gasteiger partial charge in [-0.1, -0.05) is 25.0 Å². The lowest BCUT2D eigenvalue weighted by Gasteiger charge is -2.35. The van der Waals surface area contributed by atoms with Crippen molar-refractivity contribution in [1.29, 1.82) is 0 Å². The van der Waals surface area contributed by atoms with E-state index in [0.717, 1.165) is 12.8 Å². The maximum atomic E-state index is 13.2. The van der Waals surface area contributed by atoms with Gasteiger partial charge in [-0.2, -0.15) is 0 Å². The Morgan fingerprint density at radius 2 is 2.14 bits per heavy atom. The van der Waals surface area contributed by atoms with Gasteiger partial charge in [-0.05, 0) is 49.2 Å². The first-order valence-corrected chi connectivity index (χ1v) is 10.5. The summed E-state index contributed by atoms with van der Waals surface area (Å²) in [5.41, 5.74) is 8.89. The first-order valence-electron chi connectivity index (χ1n) is 9.58. The molecule has 0 bridgehead atoms. The fraction of sp³-hybridized carbons (Fsp3) is 0.579. The minimum atomic E-state index is -0.619. The van der Waals surface area contributed by atoms with Crippen LogP contribution in [0.4, 0.5) is 4.79 Å². The number of nitrogens with one attached hydrogen (secondary N) is 2. The lowest BCUT2D eigenvalue weighted by molar-refractivity contribution is 0.0665. The molecule has 1 aliphatic rings. The number of carbonyl (C=O) groups is 2. The van der Waals surface area contributed by atoms with Crippen LogP contribution in [0.2, 0.25) is 0 Å². The number of carbonyl (C=O) groups excluding carboxylic acids is 2. The van der Waals surface area contributed by atoms with E-state index in [1.54, 1.807) is 12.1 Å². The van der Waals surface area contributed by atoms with Crippen molar-refractivity contribution in [3.05, 3.63) is 44.7 Å². The van der Waals surface area contributed by atoms with Gasteiger partial charge < -0.3 is 15.4 Å². The Hall–Kier alpha value is -2.51. The average molecular weight is 406 g/mol. The zero-order valence-electron chi connectivity index (χ0n) is 16.4. The number of rotatable bonds is 9. The SMILES string of the molecule is CCNC(=O)NC1C(OC(CC)CC)=C[C@@H](N=[N+]=[N-])CC1C(=O)c1cccs1. The van der Waals surface area contributed by atoms with E-state index in [2.05, 4.69) is 20.7 Å². The van der Waals surface area contributed by atoms with Gasteiger partial charge in [-0.25, -0.2) is 4.79 Å². The van der Waals surface area contributed by atoms with Crippen LogP contribution < -0.4 is 10.6 Å². The van der Waals surface area contributed by atoms with Gasteiger partial charge in [-0.15, -0.1) is 11.3 Å². The predicted octanol–water partition coefficient (Wildman–Crippen LogP) is 4.41. The van der Waals surface area contributed by atoms with Crippen LogP contribution in [0, 0.1) is 5.92 Å². The first kappa shape index (κ1) is 21.8. The van der Waals surface area contributed by atoms with Crippen molar-refractivity contribution < 1.29 is 14.3 Å². The van der Waals surface area contributed by atoms with Gasteiger partial charge >= 0.3 is 6.03 Å². The van der Waals surface area contributed by atoms with E-state index in [1.807, 2.05) is 32.2 Å². The van der Waals surface area contributed by atoms with Gasteiger partial charge in [0.2, 0.25) is 0 Å². The highest BCUT2D eigenvalue weighted by Crippen LogP contribution is 2.32. The van der Waals surface area contributed by atoms with Crippen molar-refractivity contribution in [3.8, 4) is 0 Å². The molecule has 0 aromatic carbocycles. The standard InChI is InChI=1S/C19H27N5O3S/c1-4-13(5-2)27-15-11-12(23-24-20)10-14(17(15)22-19(26)21-6-3)18(25)16-8-7-9-28-16/h7-9,11-14,17H,4-6,10H2,1-3H3,(H2,21,22,26)/t12-,14?,17?/m0/s1. The van der Waals surface area contributed by atoms with Crippen LogP contribution in [0.3, 0.4) is 0 Å². The second-order valence-electron chi connectivity index (χ2n) is 6.56. The number of ketones is 1. The molecule has 2 amide bonds. The molecule has 0 aliphatic heterocycles. The molecule has 1 aromatic heterocycles. The van der Waals surface area contributed by atoms with Crippen LogP contribution in [0.25, 0.3) is 10.4 Å². The quantitative estimate of drug-likeness (QED) is 0.274. The van der Waals surface area contributed by atoms with Crippen LogP contribution in [-0.4, -0.2) is 36.5 Å². The molecular weight excluding hydrogens is 378 g/mol. The summed E-state index contributed by atoms with van der Waals surface area (Å²) in [7, 11) is 0. The molecule has 0 radical (unpaired) electrons. The van der Waals surface area contributed by atoms with Crippen molar-refractivity contribution in [2.75, 3.05) is 6.54 Å². The van der Waals surface area contributed by atoms with E-state index in [9.17, 15) is 9.59 Å². The van der Waals surface area contributed by atoms with Crippen LogP contribution in [0.1, 0.15) is 49.7 Å². The average Bonchev–Trinajstić information content (AvgIpc) is 3.22. The fourth-order valence-electron chi connectivity index (χ4n) is 3.25. The molecule has 28 heavy (non-hydrogen) atoms. The largest absolute Gasteiger partial charge is 0.493 e. The molecule has 0 saturated heterocycles. The van der Waals surface area contributed by atoms with E-state index >= 15 is 0 Å². The number of amides is 2. The smallest absolute Gasteiger partial charge is 0.315 e. The molecule has 1 heterocycles. The fourth-order valence-corrected chi connectivity index (χ4v) is 3.98. The molecule has 8 nitrogen and oxygen atoms in total. The summed E-state index contributed by atoms with van der Waals surface area (Å²) in [5.74, 6) is -0.182. The van der Waals surface area contributed by atoms with Gasteiger partial charge in [0.1, 0.15) is 5.76 Å². The maximum Gasteiger partial charge on any atom is 0.315 e. The number of thiophene rings is 1. The zero-order valence-corrected chi connectivity index (χ0v) is 17.2. The van der Waals surface area contributed by atoms with Gasteiger partial charge in [0.05, 0.1) is 29.0 Å². The first-order chi connectivity index (χ1) is 13.5. The predicted molar refractivity (Wildman–Crippen MR) is 109 cm³/mol. The van der Waals surface area contributed by atoms with E-state index < -0.39 is 18.0 Å². The van der Waals surface area contributed by atoms with Crippen molar-refractivity contribution in [3.63, 3.8) is 0 Å². The van der Waals surface area contributed by atoms with Gasteiger partial charge in [-0.3, -0.25) is 4.79 Å². The van der Waals surface area contributed by atoms with E-state index in [1.165, 1.54) is 11.3 Å². The van der Waals surface area contributed by atoms with E-state index in [4.69, 9.17) is 10.3 Å². The summed E-state index contributed by atoms with van der Waals surface area (Å²) in [6.45, 7) is 6.33. The highest BCUT2D eigenvalue weighted by atomic mass is 32.1. The Bertz CT molecular complexity index is 739. The number of hydrogen-bond acceptors (Lipinski definition) is 5. The summed E-state index contributed by atoms with van der Waals surface area (Å²) >= 11 is 1.35. The molecule has 3 atom stereocenters. The summed E-state index contributed by atoms with van der Waals surface area (Å²) < 4.78 is 6.14. The normalized spacial score (nSPS) is 21.4. The second-order valence-corrected chi connectivity index (χ2v) is 7.51. The number of urea groups is 1. The van der Waals surface area contributed by atoms with Crippen LogP contribution in [0.5, 0.6) is 0 Å². The second kappa shape index (κ2) is 10.7. The van der Waals surface area contributed by atoms with Crippen molar-refractivity contribution in [1.82, 2.24) is 10.6 Å². The van der Waals surface area contributed by atoms with Crippen molar-refractivity contribution >= 4 is 23.2 Å². The van der Waals surface area contributed by atoms with Crippen LogP contribution in [-0.2, 0) is 4.74 Å². The van der Waals surface area contributed by atoms with Gasteiger partial charge in [0, 0.05) is 11.5 Å². The van der Waals surface area contributed by atoms with Crippen molar-refractivity contribution in [2.24, 2.45) is 11.0 Å². The Morgan fingerprint density at radius 3 is 2.71 bits per heavy atom. The third kappa shape index (κ3) is 5.50. The van der Waals surface area contributed by atoms with Crippen molar-refractivity contribution in [2.45, 2.75) is 58.2 Å². The number of Topliss-reactive ketones (excluding diaryl/α,β-unsaturated/α-hetero) is 1. The highest BCUT2D eigenvalue weighted by Gasteiger charge is 2.39. The number of nitrogens with zero attached hydrogens (tertiary/aromatic N) is 3. The lowest BCUT2D eigenvalue weighted by Crippen LogP contribution is -2.51. The molecule has 0 saturated carbocycles. The van der Waals surface area contributed by atoms with Crippen LogP contribution in [0.15, 0.2) is 34.5 Å². The number of azide groups is 1. The minimum Gasteiger partial charge on any atom is -0.493 e. The molecule has 9 heteroatoms. The van der Waals surface area contributed by atoms with Crippen LogP contribution >= 0.6 is 11.3 Å². The summed E-state index contributed by atoms with van der Waals surface area (Å²) in [5, 5.41) is 11.2. The Labute approximate surface area is 169 Å². The number of ether oxygens (including phenoxy) is 1. The van der Waals surface area contributed by atoms with Gasteiger partial charge in [0.15, 0.2) is 5.78 Å². The van der Waals surface area contributed by atoms with Gasteiger partial charge in [0.25, 0.3) is 0 Å². The minimum absolute atomic E-state index is 0.0490.